The van der Waals surface area contributed by atoms with Gasteiger partial charge in [0, 0.05) is 32.9 Å². The summed E-state index contributed by atoms with van der Waals surface area (Å²) in [6.45, 7) is 2.44. The molecule has 0 fully saturated rings. The molecule has 0 saturated carbocycles. The van der Waals surface area contributed by atoms with Crippen molar-refractivity contribution in [2.75, 3.05) is 13.6 Å². The van der Waals surface area contributed by atoms with Crippen LogP contribution >= 0.6 is 0 Å². The van der Waals surface area contributed by atoms with Crippen molar-refractivity contribution >= 4 is 5.91 Å². The van der Waals surface area contributed by atoms with E-state index >= 15 is 0 Å². The number of aromatic nitrogens is 1. The third kappa shape index (κ3) is 4.58. The monoisotopic (exact) mass is 206 g/mol. The Balaban J connectivity index is 2.15. The highest BCUT2D eigenvalue weighted by atomic mass is 16.2. The van der Waals surface area contributed by atoms with Crippen LogP contribution in [0.1, 0.15) is 25.3 Å². The van der Waals surface area contributed by atoms with Gasteiger partial charge in [-0.05, 0) is 30.9 Å². The minimum Gasteiger partial charge on any atom is -0.346 e. The van der Waals surface area contributed by atoms with Crippen LogP contribution < -0.4 is 0 Å². The van der Waals surface area contributed by atoms with E-state index in [1.165, 1.54) is 5.56 Å². The molecule has 0 aliphatic heterocycles. The normalized spacial score (nSPS) is 10.0. The van der Waals surface area contributed by atoms with Gasteiger partial charge in [0.05, 0.1) is 0 Å². The first-order chi connectivity index (χ1) is 7.20. The number of pyridine rings is 1. The van der Waals surface area contributed by atoms with Crippen molar-refractivity contribution in [3.05, 3.63) is 30.1 Å². The maximum atomic E-state index is 10.9. The van der Waals surface area contributed by atoms with Crippen LogP contribution in [-0.4, -0.2) is 29.4 Å². The van der Waals surface area contributed by atoms with Crippen LogP contribution in [0.15, 0.2) is 24.5 Å². The van der Waals surface area contributed by atoms with Crippen LogP contribution in [0, 0.1) is 0 Å². The summed E-state index contributed by atoms with van der Waals surface area (Å²) in [6.07, 6.45) is 6.87. The summed E-state index contributed by atoms with van der Waals surface area (Å²) in [4.78, 5) is 16.7. The Morgan fingerprint density at radius 1 is 1.47 bits per heavy atom. The lowest BCUT2D eigenvalue weighted by Gasteiger charge is -2.13. The van der Waals surface area contributed by atoms with Crippen molar-refractivity contribution in [3.8, 4) is 0 Å². The number of hydrogen-bond donors (Lipinski definition) is 0. The Morgan fingerprint density at radius 2 is 2.27 bits per heavy atom. The van der Waals surface area contributed by atoms with Gasteiger partial charge >= 0.3 is 0 Å². The highest BCUT2D eigenvalue weighted by Crippen LogP contribution is 2.03. The summed E-state index contributed by atoms with van der Waals surface area (Å²) in [6, 6.07) is 4.04. The van der Waals surface area contributed by atoms with Crippen LogP contribution in [-0.2, 0) is 11.2 Å². The lowest BCUT2D eigenvalue weighted by Crippen LogP contribution is -2.24. The van der Waals surface area contributed by atoms with E-state index in [9.17, 15) is 4.79 Å². The van der Waals surface area contributed by atoms with Gasteiger partial charge in [-0.25, -0.2) is 0 Å². The minimum absolute atomic E-state index is 0.136. The number of unbranched alkanes of at least 4 members (excludes halogenated alkanes) is 1. The summed E-state index contributed by atoms with van der Waals surface area (Å²) in [5.41, 5.74) is 1.27. The molecule has 3 heteroatoms. The quantitative estimate of drug-likeness (QED) is 0.689. The molecule has 0 aromatic carbocycles. The van der Waals surface area contributed by atoms with Gasteiger partial charge < -0.3 is 4.90 Å². The number of amides is 1. The van der Waals surface area contributed by atoms with Crippen LogP contribution in [0.5, 0.6) is 0 Å². The van der Waals surface area contributed by atoms with Crippen molar-refractivity contribution in [3.63, 3.8) is 0 Å². The number of nitrogens with zero attached hydrogens (tertiary/aromatic N) is 2. The van der Waals surface area contributed by atoms with Crippen LogP contribution in [0.4, 0.5) is 0 Å². The molecule has 0 aliphatic carbocycles. The summed E-state index contributed by atoms with van der Waals surface area (Å²) in [5.74, 6) is 0.136. The average molecular weight is 206 g/mol. The second-order valence-electron chi connectivity index (χ2n) is 3.76. The maximum absolute atomic E-state index is 10.9. The summed E-state index contributed by atoms with van der Waals surface area (Å²) in [7, 11) is 1.84. The van der Waals surface area contributed by atoms with E-state index < -0.39 is 0 Å². The second-order valence-corrected chi connectivity index (χ2v) is 3.76. The van der Waals surface area contributed by atoms with Crippen LogP contribution in [0.2, 0.25) is 0 Å². The van der Waals surface area contributed by atoms with Crippen molar-refractivity contribution in [2.24, 2.45) is 0 Å². The van der Waals surface area contributed by atoms with Crippen LogP contribution in [0.3, 0.4) is 0 Å². The Bertz CT molecular complexity index is 298. The summed E-state index contributed by atoms with van der Waals surface area (Å²) < 4.78 is 0. The number of carbonyl (C=O) groups excluding carboxylic acids is 1. The number of aryl methyl sites for hydroxylation is 1. The van der Waals surface area contributed by atoms with Gasteiger partial charge in [-0.2, -0.15) is 0 Å². The topological polar surface area (TPSA) is 33.2 Å². The lowest BCUT2D eigenvalue weighted by molar-refractivity contribution is -0.127. The largest absolute Gasteiger partial charge is 0.346 e. The molecule has 0 bridgehead atoms. The van der Waals surface area contributed by atoms with Gasteiger partial charge in [-0.3, -0.25) is 9.78 Å². The van der Waals surface area contributed by atoms with Crippen molar-refractivity contribution in [1.29, 1.82) is 0 Å². The predicted molar refractivity (Wildman–Crippen MR) is 60.5 cm³/mol. The Hall–Kier alpha value is -1.38. The van der Waals surface area contributed by atoms with E-state index in [4.69, 9.17) is 0 Å². The number of rotatable bonds is 5. The minimum atomic E-state index is 0.136. The molecule has 1 rings (SSSR count). The first-order valence-electron chi connectivity index (χ1n) is 5.31. The Kier molecular flexibility index (Phi) is 4.81. The fourth-order valence-corrected chi connectivity index (χ4v) is 1.38. The molecule has 0 atom stereocenters. The highest BCUT2D eigenvalue weighted by molar-refractivity contribution is 5.72. The fourth-order valence-electron chi connectivity index (χ4n) is 1.38. The Labute approximate surface area is 91.1 Å². The molecule has 82 valence electrons. The molecule has 0 saturated heterocycles. The number of hydrogen-bond acceptors (Lipinski definition) is 2. The molecular formula is C12H18N2O. The molecule has 1 heterocycles. The van der Waals surface area contributed by atoms with E-state index in [0.717, 1.165) is 25.8 Å². The SMILES string of the molecule is CC(=O)N(C)CCCCc1cccnc1. The van der Waals surface area contributed by atoms with Gasteiger partial charge in [-0.1, -0.05) is 6.07 Å². The fraction of sp³-hybridized carbons (Fsp3) is 0.500. The molecule has 0 N–H and O–H groups in total. The second kappa shape index (κ2) is 6.17. The molecule has 0 radical (unpaired) electrons. The smallest absolute Gasteiger partial charge is 0.219 e. The third-order valence-electron chi connectivity index (χ3n) is 2.47. The van der Waals surface area contributed by atoms with E-state index in [-0.39, 0.29) is 5.91 Å². The number of carbonyl (C=O) groups is 1. The van der Waals surface area contributed by atoms with Gasteiger partial charge in [-0.15, -0.1) is 0 Å². The third-order valence-corrected chi connectivity index (χ3v) is 2.47. The lowest BCUT2D eigenvalue weighted by atomic mass is 10.1. The van der Waals surface area contributed by atoms with E-state index in [2.05, 4.69) is 11.1 Å². The van der Waals surface area contributed by atoms with Crippen molar-refractivity contribution in [2.45, 2.75) is 26.2 Å². The highest BCUT2D eigenvalue weighted by Gasteiger charge is 2.00. The Morgan fingerprint density at radius 3 is 2.87 bits per heavy atom. The molecule has 1 aromatic heterocycles. The van der Waals surface area contributed by atoms with E-state index in [1.54, 1.807) is 18.0 Å². The van der Waals surface area contributed by atoms with E-state index in [0.29, 0.717) is 0 Å². The first-order valence-corrected chi connectivity index (χ1v) is 5.31. The summed E-state index contributed by atoms with van der Waals surface area (Å²) in [5, 5.41) is 0. The van der Waals surface area contributed by atoms with Gasteiger partial charge in [0.15, 0.2) is 0 Å². The van der Waals surface area contributed by atoms with Crippen molar-refractivity contribution < 1.29 is 4.79 Å². The van der Waals surface area contributed by atoms with Gasteiger partial charge in [0.1, 0.15) is 0 Å². The zero-order valence-corrected chi connectivity index (χ0v) is 9.44. The zero-order chi connectivity index (χ0) is 11.1. The average Bonchev–Trinajstić information content (AvgIpc) is 2.25. The zero-order valence-electron chi connectivity index (χ0n) is 9.44. The van der Waals surface area contributed by atoms with Crippen LogP contribution in [0.25, 0.3) is 0 Å². The standard InChI is InChI=1S/C12H18N2O/c1-11(15)14(2)9-4-3-6-12-7-5-8-13-10-12/h5,7-8,10H,3-4,6,9H2,1-2H3. The molecule has 15 heavy (non-hydrogen) atoms. The predicted octanol–water partition coefficient (Wildman–Crippen LogP) is 1.88. The molecular weight excluding hydrogens is 188 g/mol. The molecule has 0 aliphatic rings. The molecule has 1 aromatic rings. The van der Waals surface area contributed by atoms with E-state index in [1.807, 2.05) is 19.3 Å². The summed E-state index contributed by atoms with van der Waals surface area (Å²) >= 11 is 0. The first kappa shape index (κ1) is 11.7. The van der Waals surface area contributed by atoms with Gasteiger partial charge in [0.25, 0.3) is 0 Å². The van der Waals surface area contributed by atoms with Crippen molar-refractivity contribution in [1.82, 2.24) is 9.88 Å². The van der Waals surface area contributed by atoms with Gasteiger partial charge in [0.2, 0.25) is 5.91 Å². The molecule has 3 nitrogen and oxygen atoms in total. The molecule has 0 unspecified atom stereocenters. The molecule has 1 amide bonds. The molecule has 0 spiro atoms. The maximum Gasteiger partial charge on any atom is 0.219 e.